The first kappa shape index (κ1) is 14.9. The summed E-state index contributed by atoms with van der Waals surface area (Å²) in [7, 11) is 1.38. The van der Waals surface area contributed by atoms with Crippen molar-refractivity contribution in [1.29, 1.82) is 0 Å². The van der Waals surface area contributed by atoms with Crippen LogP contribution in [-0.4, -0.2) is 48.6 Å². The minimum Gasteiger partial charge on any atom is -0.465 e. The van der Waals surface area contributed by atoms with Crippen molar-refractivity contribution in [3.63, 3.8) is 0 Å². The van der Waals surface area contributed by atoms with Gasteiger partial charge in [0.25, 0.3) is 0 Å². The average molecular weight is 277 g/mol. The molecular weight excluding hydrogens is 254 g/mol. The van der Waals surface area contributed by atoms with Gasteiger partial charge in [-0.25, -0.2) is 4.79 Å². The molecule has 5 heteroatoms. The number of piperidine rings is 1. The molecule has 5 nitrogen and oxygen atoms in total. The maximum absolute atomic E-state index is 11.4. The summed E-state index contributed by atoms with van der Waals surface area (Å²) in [6, 6.07) is 4.32. The second-order valence-corrected chi connectivity index (χ2v) is 5.07. The van der Waals surface area contributed by atoms with Crippen molar-refractivity contribution in [2.75, 3.05) is 26.7 Å². The molecule has 1 aromatic rings. The van der Waals surface area contributed by atoms with Gasteiger partial charge in [0.2, 0.25) is 0 Å². The molecule has 0 radical (unpaired) electrons. The van der Waals surface area contributed by atoms with Gasteiger partial charge >= 0.3 is 5.97 Å². The van der Waals surface area contributed by atoms with Gasteiger partial charge in [-0.05, 0) is 44.6 Å². The molecule has 0 amide bonds. The zero-order chi connectivity index (χ0) is 14.4. The Morgan fingerprint density at radius 2 is 2.20 bits per heavy atom. The number of carbonyl (C=O) groups is 1. The minimum atomic E-state index is -0.338. The number of pyridine rings is 1. The topological polar surface area (TPSA) is 54.5 Å². The lowest BCUT2D eigenvalue weighted by molar-refractivity contribution is 0.0600. The smallest absolute Gasteiger partial charge is 0.339 e. The molecule has 1 aromatic heterocycles. The van der Waals surface area contributed by atoms with Crippen molar-refractivity contribution in [3.05, 3.63) is 29.6 Å². The molecule has 2 rings (SSSR count). The summed E-state index contributed by atoms with van der Waals surface area (Å²) in [4.78, 5) is 18.2. The van der Waals surface area contributed by atoms with Crippen LogP contribution < -0.4 is 5.32 Å². The summed E-state index contributed by atoms with van der Waals surface area (Å²) < 4.78 is 4.68. The number of esters is 1. The molecule has 1 saturated heterocycles. The Labute approximate surface area is 120 Å². The van der Waals surface area contributed by atoms with E-state index < -0.39 is 0 Å². The van der Waals surface area contributed by atoms with E-state index in [-0.39, 0.29) is 5.97 Å². The maximum atomic E-state index is 11.4. The van der Waals surface area contributed by atoms with Crippen molar-refractivity contribution < 1.29 is 9.53 Å². The SMILES string of the molecule is CCN(Cc1ccc(C(=O)OC)cn1)C1CCNCC1. The average Bonchev–Trinajstić information content (AvgIpc) is 2.53. The summed E-state index contributed by atoms with van der Waals surface area (Å²) in [5.74, 6) is -0.338. The number of ether oxygens (including phenoxy) is 1. The fraction of sp³-hybridized carbons (Fsp3) is 0.600. The number of rotatable bonds is 5. The van der Waals surface area contributed by atoms with Gasteiger partial charge in [0.05, 0.1) is 18.4 Å². The van der Waals surface area contributed by atoms with E-state index >= 15 is 0 Å². The van der Waals surface area contributed by atoms with E-state index in [4.69, 9.17) is 0 Å². The fourth-order valence-corrected chi connectivity index (χ4v) is 2.64. The van der Waals surface area contributed by atoms with Gasteiger partial charge in [-0.1, -0.05) is 6.92 Å². The Balaban J connectivity index is 1.98. The fourth-order valence-electron chi connectivity index (χ4n) is 2.64. The van der Waals surface area contributed by atoms with Crippen molar-refractivity contribution >= 4 is 5.97 Å². The molecule has 0 saturated carbocycles. The van der Waals surface area contributed by atoms with Crippen LogP contribution in [0, 0.1) is 0 Å². The lowest BCUT2D eigenvalue weighted by Crippen LogP contribution is -2.42. The molecule has 1 aliphatic rings. The Morgan fingerprint density at radius 1 is 1.45 bits per heavy atom. The van der Waals surface area contributed by atoms with Crippen molar-refractivity contribution in [2.45, 2.75) is 32.4 Å². The van der Waals surface area contributed by atoms with Crippen molar-refractivity contribution in [3.8, 4) is 0 Å². The predicted octanol–water partition coefficient (Wildman–Crippen LogP) is 1.44. The summed E-state index contributed by atoms with van der Waals surface area (Å²) in [5.41, 5.74) is 1.50. The van der Waals surface area contributed by atoms with Crippen LogP contribution in [0.4, 0.5) is 0 Å². The van der Waals surface area contributed by atoms with Crippen molar-refractivity contribution in [1.82, 2.24) is 15.2 Å². The number of methoxy groups -OCH3 is 1. The third-order valence-electron chi connectivity index (χ3n) is 3.84. The van der Waals surface area contributed by atoms with Gasteiger partial charge in [0.15, 0.2) is 0 Å². The van der Waals surface area contributed by atoms with E-state index in [9.17, 15) is 4.79 Å². The lowest BCUT2D eigenvalue weighted by atomic mass is 10.0. The molecule has 0 unspecified atom stereocenters. The zero-order valence-electron chi connectivity index (χ0n) is 12.3. The zero-order valence-corrected chi connectivity index (χ0v) is 12.3. The van der Waals surface area contributed by atoms with Crippen LogP contribution >= 0.6 is 0 Å². The molecular formula is C15H23N3O2. The molecule has 20 heavy (non-hydrogen) atoms. The van der Waals surface area contributed by atoms with Gasteiger partial charge in [-0.15, -0.1) is 0 Å². The van der Waals surface area contributed by atoms with E-state index in [0.717, 1.165) is 31.9 Å². The summed E-state index contributed by atoms with van der Waals surface area (Å²) in [6.07, 6.45) is 3.97. The molecule has 0 atom stereocenters. The maximum Gasteiger partial charge on any atom is 0.339 e. The lowest BCUT2D eigenvalue weighted by Gasteiger charge is -2.33. The predicted molar refractivity (Wildman–Crippen MR) is 77.6 cm³/mol. The second kappa shape index (κ2) is 7.36. The van der Waals surface area contributed by atoms with Crippen LogP contribution in [-0.2, 0) is 11.3 Å². The van der Waals surface area contributed by atoms with Crippen LogP contribution in [0.25, 0.3) is 0 Å². The molecule has 1 aliphatic heterocycles. The highest BCUT2D eigenvalue weighted by Crippen LogP contribution is 2.14. The van der Waals surface area contributed by atoms with Crippen LogP contribution in [0.15, 0.2) is 18.3 Å². The van der Waals surface area contributed by atoms with Crippen LogP contribution in [0.5, 0.6) is 0 Å². The van der Waals surface area contributed by atoms with Crippen molar-refractivity contribution in [2.24, 2.45) is 0 Å². The van der Waals surface area contributed by atoms with E-state index in [1.54, 1.807) is 12.3 Å². The Morgan fingerprint density at radius 3 is 2.75 bits per heavy atom. The van der Waals surface area contributed by atoms with Gasteiger partial charge in [0.1, 0.15) is 0 Å². The summed E-state index contributed by atoms with van der Waals surface area (Å²) in [6.45, 7) is 6.23. The number of hydrogen-bond acceptors (Lipinski definition) is 5. The highest BCUT2D eigenvalue weighted by Gasteiger charge is 2.20. The number of aromatic nitrogens is 1. The molecule has 110 valence electrons. The summed E-state index contributed by atoms with van der Waals surface area (Å²) >= 11 is 0. The normalized spacial score (nSPS) is 16.4. The second-order valence-electron chi connectivity index (χ2n) is 5.07. The van der Waals surface area contributed by atoms with E-state index in [1.165, 1.54) is 20.0 Å². The molecule has 0 bridgehead atoms. The van der Waals surface area contributed by atoms with Crippen LogP contribution in [0.1, 0.15) is 35.8 Å². The Kier molecular flexibility index (Phi) is 5.49. The highest BCUT2D eigenvalue weighted by molar-refractivity contribution is 5.88. The van der Waals surface area contributed by atoms with Gasteiger partial charge < -0.3 is 10.1 Å². The van der Waals surface area contributed by atoms with Crippen LogP contribution in [0.2, 0.25) is 0 Å². The third-order valence-corrected chi connectivity index (χ3v) is 3.84. The first-order chi connectivity index (χ1) is 9.74. The number of nitrogens with zero attached hydrogens (tertiary/aromatic N) is 2. The van der Waals surface area contributed by atoms with Gasteiger partial charge in [0, 0.05) is 18.8 Å². The summed E-state index contributed by atoms with van der Waals surface area (Å²) in [5, 5.41) is 3.39. The first-order valence-electron chi connectivity index (χ1n) is 7.22. The number of carbonyl (C=O) groups excluding carboxylic acids is 1. The van der Waals surface area contributed by atoms with Gasteiger partial charge in [-0.2, -0.15) is 0 Å². The Hall–Kier alpha value is -1.46. The highest BCUT2D eigenvalue weighted by atomic mass is 16.5. The van der Waals surface area contributed by atoms with E-state index in [2.05, 4.69) is 26.9 Å². The molecule has 0 aromatic carbocycles. The first-order valence-corrected chi connectivity index (χ1v) is 7.22. The molecule has 1 fully saturated rings. The van der Waals surface area contributed by atoms with Gasteiger partial charge in [-0.3, -0.25) is 9.88 Å². The standard InChI is InChI=1S/C15H23N3O2/c1-3-18(14-6-8-16-9-7-14)11-13-5-4-12(10-17-13)15(19)20-2/h4-5,10,14,16H,3,6-9,11H2,1-2H3. The number of hydrogen-bond donors (Lipinski definition) is 1. The minimum absolute atomic E-state index is 0.338. The third kappa shape index (κ3) is 3.77. The largest absolute Gasteiger partial charge is 0.465 e. The quantitative estimate of drug-likeness (QED) is 0.825. The Bertz CT molecular complexity index is 427. The van der Waals surface area contributed by atoms with E-state index in [1.807, 2.05) is 6.07 Å². The molecule has 0 spiro atoms. The van der Waals surface area contributed by atoms with E-state index in [0.29, 0.717) is 11.6 Å². The van der Waals surface area contributed by atoms with Crippen LogP contribution in [0.3, 0.4) is 0 Å². The molecule has 1 N–H and O–H groups in total. The molecule has 2 heterocycles. The number of nitrogens with one attached hydrogen (secondary N) is 1. The molecule has 0 aliphatic carbocycles. The monoisotopic (exact) mass is 277 g/mol.